The lowest BCUT2D eigenvalue weighted by Crippen LogP contribution is -2.54. The van der Waals surface area contributed by atoms with Crippen molar-refractivity contribution in [2.45, 2.75) is 71.1 Å². The van der Waals surface area contributed by atoms with Gasteiger partial charge in [0.1, 0.15) is 23.4 Å². The van der Waals surface area contributed by atoms with Crippen LogP contribution in [-0.4, -0.2) is 52.6 Å². The van der Waals surface area contributed by atoms with Gasteiger partial charge < -0.3 is 25.4 Å². The van der Waals surface area contributed by atoms with E-state index in [0.29, 0.717) is 23.2 Å². The second-order valence-electron chi connectivity index (χ2n) is 10.5. The Bertz CT molecular complexity index is 1190. The molecule has 3 amide bonds. The van der Waals surface area contributed by atoms with Gasteiger partial charge in [0.2, 0.25) is 11.8 Å². The number of hydrogen-bond acceptors (Lipinski definition) is 5. The summed E-state index contributed by atoms with van der Waals surface area (Å²) < 4.78 is 5.43. The van der Waals surface area contributed by atoms with Gasteiger partial charge in [0.15, 0.2) is 0 Å². The zero-order valence-corrected chi connectivity index (χ0v) is 23.9. The van der Waals surface area contributed by atoms with E-state index in [1.165, 1.54) is 23.1 Å². The summed E-state index contributed by atoms with van der Waals surface area (Å²) in [4.78, 5) is 42.1. The number of carbonyl (C=O) groups is 3. The quantitative estimate of drug-likeness (QED) is 0.188. The van der Waals surface area contributed by atoms with Crippen molar-refractivity contribution in [1.29, 1.82) is 0 Å². The van der Waals surface area contributed by atoms with Gasteiger partial charge in [-0.05, 0) is 56.5 Å². The van der Waals surface area contributed by atoms with Crippen LogP contribution >= 0.6 is 0 Å². The van der Waals surface area contributed by atoms with Crippen molar-refractivity contribution in [3.05, 3.63) is 77.9 Å². The minimum Gasteiger partial charge on any atom is -0.508 e. The first kappa shape index (κ1) is 32.0. The molecule has 2 unspecified atom stereocenters. The van der Waals surface area contributed by atoms with Gasteiger partial charge in [-0.25, -0.2) is 4.79 Å². The molecule has 0 spiro atoms. The lowest BCUT2D eigenvalue weighted by atomic mass is 9.96. The molecule has 0 bridgehead atoms. The van der Waals surface area contributed by atoms with Crippen LogP contribution in [0.2, 0.25) is 0 Å². The fraction of sp³-hybridized carbons (Fsp3) is 0.406. The lowest BCUT2D eigenvalue weighted by Gasteiger charge is -2.34. The summed E-state index contributed by atoms with van der Waals surface area (Å²) in [5.41, 5.74) is 0.876. The first-order valence-corrected chi connectivity index (χ1v) is 13.5. The Labute approximate surface area is 237 Å². The average Bonchev–Trinajstić information content (AvgIpc) is 2.90. The number of alkyl carbamates (subject to hydrolysis) is 1. The number of carbonyl (C=O) groups excluding carboxylic acids is 3. The number of phenols is 1. The maximum absolute atomic E-state index is 14.2. The molecule has 40 heavy (non-hydrogen) atoms. The van der Waals surface area contributed by atoms with Crippen molar-refractivity contribution >= 4 is 17.9 Å². The van der Waals surface area contributed by atoms with Crippen molar-refractivity contribution in [3.8, 4) is 18.1 Å². The van der Waals surface area contributed by atoms with Crippen molar-refractivity contribution in [3.63, 3.8) is 0 Å². The highest BCUT2D eigenvalue weighted by Crippen LogP contribution is 2.26. The van der Waals surface area contributed by atoms with Gasteiger partial charge >= 0.3 is 6.09 Å². The molecule has 8 nitrogen and oxygen atoms in total. The predicted molar refractivity (Wildman–Crippen MR) is 157 cm³/mol. The van der Waals surface area contributed by atoms with Gasteiger partial charge in [-0.3, -0.25) is 9.59 Å². The summed E-state index contributed by atoms with van der Waals surface area (Å²) >= 11 is 0. The average molecular weight is 548 g/mol. The normalized spacial score (nSPS) is 12.4. The predicted octanol–water partition coefficient (Wildman–Crippen LogP) is 4.87. The SMILES string of the molecule is C#Cc1ccccc1C(C(=O)NCCCCC)N(CC=C)C(=O)C(Cc1ccc(O)cc1)NC(=O)OC(C)(C)C. The summed E-state index contributed by atoms with van der Waals surface area (Å²) in [6.07, 6.45) is 9.37. The molecule has 8 heteroatoms. The number of benzene rings is 2. The van der Waals surface area contributed by atoms with E-state index in [1.807, 2.05) is 0 Å². The lowest BCUT2D eigenvalue weighted by molar-refractivity contribution is -0.141. The largest absolute Gasteiger partial charge is 0.508 e. The van der Waals surface area contributed by atoms with Crippen molar-refractivity contribution in [2.24, 2.45) is 0 Å². The summed E-state index contributed by atoms with van der Waals surface area (Å²) in [7, 11) is 0. The number of rotatable bonds is 13. The monoisotopic (exact) mass is 547 g/mol. The van der Waals surface area contributed by atoms with Crippen molar-refractivity contribution in [1.82, 2.24) is 15.5 Å². The van der Waals surface area contributed by atoms with Gasteiger partial charge in [0.05, 0.1) is 0 Å². The molecule has 0 aliphatic heterocycles. The Morgan fingerprint density at radius 1 is 1.12 bits per heavy atom. The molecule has 3 N–H and O–H groups in total. The Kier molecular flexibility index (Phi) is 12.3. The summed E-state index contributed by atoms with van der Waals surface area (Å²) in [6, 6.07) is 11.1. The number of aromatic hydroxyl groups is 1. The minimum atomic E-state index is -1.09. The fourth-order valence-electron chi connectivity index (χ4n) is 4.18. The Hall–Kier alpha value is -4.25. The van der Waals surface area contributed by atoms with Gasteiger partial charge in [0.25, 0.3) is 0 Å². The molecule has 0 fully saturated rings. The van der Waals surface area contributed by atoms with Gasteiger partial charge in [-0.2, -0.15) is 0 Å². The van der Waals surface area contributed by atoms with E-state index < -0.39 is 29.7 Å². The number of terminal acetylenes is 1. The zero-order chi connectivity index (χ0) is 29.7. The number of ether oxygens (including phenoxy) is 1. The fourth-order valence-corrected chi connectivity index (χ4v) is 4.18. The smallest absolute Gasteiger partial charge is 0.408 e. The van der Waals surface area contributed by atoms with E-state index in [0.717, 1.165) is 19.3 Å². The molecule has 0 aliphatic carbocycles. The molecular formula is C32H41N3O5. The third kappa shape index (κ3) is 9.81. The van der Waals surface area contributed by atoms with E-state index in [9.17, 15) is 19.5 Å². The first-order chi connectivity index (χ1) is 19.0. The summed E-state index contributed by atoms with van der Waals surface area (Å²) in [5.74, 6) is 1.80. The summed E-state index contributed by atoms with van der Waals surface area (Å²) in [6.45, 7) is 11.5. The molecule has 2 aromatic carbocycles. The molecule has 2 aromatic rings. The molecule has 0 heterocycles. The Balaban J connectivity index is 2.54. The van der Waals surface area contributed by atoms with E-state index >= 15 is 0 Å². The Morgan fingerprint density at radius 2 is 1.80 bits per heavy atom. The minimum absolute atomic E-state index is 0.0207. The molecule has 2 rings (SSSR count). The second kappa shape index (κ2) is 15.4. The van der Waals surface area contributed by atoms with Crippen molar-refractivity contribution < 1.29 is 24.2 Å². The zero-order valence-electron chi connectivity index (χ0n) is 23.9. The van der Waals surface area contributed by atoms with Crippen LogP contribution in [0, 0.1) is 12.3 Å². The molecular weight excluding hydrogens is 506 g/mol. The Morgan fingerprint density at radius 3 is 2.40 bits per heavy atom. The highest BCUT2D eigenvalue weighted by molar-refractivity contribution is 5.92. The number of hydrogen-bond donors (Lipinski definition) is 3. The van der Waals surface area contributed by atoms with Crippen LogP contribution in [0.25, 0.3) is 0 Å². The molecule has 0 saturated heterocycles. The van der Waals surface area contributed by atoms with Crippen LogP contribution in [0.5, 0.6) is 5.75 Å². The third-order valence-corrected chi connectivity index (χ3v) is 6.02. The van der Waals surface area contributed by atoms with Crippen LogP contribution in [0.1, 0.15) is 69.7 Å². The topological polar surface area (TPSA) is 108 Å². The number of nitrogens with zero attached hydrogens (tertiary/aromatic N) is 1. The van der Waals surface area contributed by atoms with Crippen LogP contribution < -0.4 is 10.6 Å². The van der Waals surface area contributed by atoms with Crippen LogP contribution in [0.4, 0.5) is 4.79 Å². The molecule has 2 atom stereocenters. The highest BCUT2D eigenvalue weighted by Gasteiger charge is 2.36. The standard InChI is InChI=1S/C32H41N3O5/c1-7-10-13-20-33-29(37)28(26-15-12-11-14-24(26)9-3)35(21-8-2)30(38)27(34-31(39)40-32(4,5)6)22-23-16-18-25(36)19-17-23/h3,8,11-12,14-19,27-28,36H,2,7,10,13,20-22H2,1,4-6H3,(H,33,37)(H,34,39). The van der Waals surface area contributed by atoms with Crippen LogP contribution in [0.3, 0.4) is 0 Å². The number of phenolic OH excluding ortho intramolecular Hbond substituents is 1. The van der Waals surface area contributed by atoms with E-state index in [2.05, 4.69) is 30.1 Å². The highest BCUT2D eigenvalue weighted by atomic mass is 16.6. The molecule has 0 aromatic heterocycles. The number of unbranched alkanes of at least 4 members (excludes halogenated alkanes) is 2. The number of amides is 3. The first-order valence-electron chi connectivity index (χ1n) is 13.5. The van der Waals surface area contributed by atoms with E-state index in [1.54, 1.807) is 57.2 Å². The molecule has 214 valence electrons. The summed E-state index contributed by atoms with van der Waals surface area (Å²) in [5, 5.41) is 15.3. The maximum Gasteiger partial charge on any atom is 0.408 e. The van der Waals surface area contributed by atoms with E-state index in [-0.39, 0.29) is 24.6 Å². The molecule has 0 saturated carbocycles. The maximum atomic E-state index is 14.2. The van der Waals surface area contributed by atoms with Gasteiger partial charge in [-0.1, -0.05) is 62.1 Å². The van der Waals surface area contributed by atoms with Crippen LogP contribution in [0.15, 0.2) is 61.2 Å². The molecule has 0 radical (unpaired) electrons. The number of nitrogens with one attached hydrogen (secondary N) is 2. The van der Waals surface area contributed by atoms with Gasteiger partial charge in [0, 0.05) is 25.1 Å². The van der Waals surface area contributed by atoms with Crippen molar-refractivity contribution in [2.75, 3.05) is 13.1 Å². The third-order valence-electron chi connectivity index (χ3n) is 6.02. The molecule has 0 aliphatic rings. The second-order valence-corrected chi connectivity index (χ2v) is 10.5. The van der Waals surface area contributed by atoms with Crippen LogP contribution in [-0.2, 0) is 20.7 Å². The van der Waals surface area contributed by atoms with Gasteiger partial charge in [-0.15, -0.1) is 13.0 Å². The van der Waals surface area contributed by atoms with E-state index in [4.69, 9.17) is 11.2 Å².